The van der Waals surface area contributed by atoms with Crippen LogP contribution in [0.3, 0.4) is 0 Å². The summed E-state index contributed by atoms with van der Waals surface area (Å²) in [4.78, 5) is 0. The predicted molar refractivity (Wildman–Crippen MR) is 59.3 cm³/mol. The first-order valence-electron chi connectivity index (χ1n) is 5.03. The molecule has 0 spiro atoms. The van der Waals surface area contributed by atoms with Crippen LogP contribution in [0.15, 0.2) is 0 Å². The molecule has 0 bridgehead atoms. The average molecular weight is 206 g/mol. The van der Waals surface area contributed by atoms with E-state index in [1.165, 1.54) is 24.3 Å². The van der Waals surface area contributed by atoms with E-state index in [0.717, 1.165) is 13.0 Å². The summed E-state index contributed by atoms with van der Waals surface area (Å²) in [6.07, 6.45) is 3.70. The Morgan fingerprint density at radius 2 is 1.92 bits per heavy atom. The Bertz CT molecular complexity index is 98.9. The highest BCUT2D eigenvalue weighted by Gasteiger charge is 1.97. The Labute approximate surface area is 86.4 Å². The lowest BCUT2D eigenvalue weighted by atomic mass is 10.4. The van der Waals surface area contributed by atoms with E-state index in [-0.39, 0.29) is 6.29 Å². The zero-order valence-corrected chi connectivity index (χ0v) is 9.86. The van der Waals surface area contributed by atoms with Crippen molar-refractivity contribution < 1.29 is 9.47 Å². The second-order valence-electron chi connectivity index (χ2n) is 2.99. The largest absolute Gasteiger partial charge is 0.356 e. The average Bonchev–Trinajstić information content (AvgIpc) is 2.16. The van der Waals surface area contributed by atoms with Gasteiger partial charge in [-0.05, 0) is 31.3 Å². The molecule has 3 heteroatoms. The summed E-state index contributed by atoms with van der Waals surface area (Å²) >= 11 is 2.02. The van der Waals surface area contributed by atoms with Crippen molar-refractivity contribution in [3.63, 3.8) is 0 Å². The third-order valence-corrected chi connectivity index (χ3v) is 2.91. The van der Waals surface area contributed by atoms with Crippen molar-refractivity contribution in [3.05, 3.63) is 0 Å². The van der Waals surface area contributed by atoms with Gasteiger partial charge in [-0.1, -0.05) is 13.3 Å². The van der Waals surface area contributed by atoms with E-state index in [0.29, 0.717) is 0 Å². The van der Waals surface area contributed by atoms with Crippen molar-refractivity contribution in [2.24, 2.45) is 0 Å². The van der Waals surface area contributed by atoms with E-state index in [1.54, 1.807) is 7.11 Å². The van der Waals surface area contributed by atoms with Crippen molar-refractivity contribution in [3.8, 4) is 0 Å². The molecule has 0 saturated carbocycles. The van der Waals surface area contributed by atoms with E-state index in [4.69, 9.17) is 9.47 Å². The normalized spacial score (nSPS) is 13.2. The minimum atomic E-state index is -0.0550. The fourth-order valence-corrected chi connectivity index (χ4v) is 1.85. The molecule has 1 unspecified atom stereocenters. The third-order valence-electron chi connectivity index (χ3n) is 1.76. The second kappa shape index (κ2) is 10.4. The molecule has 0 aromatic rings. The first kappa shape index (κ1) is 13.3. The Morgan fingerprint density at radius 3 is 2.54 bits per heavy atom. The smallest absolute Gasteiger partial charge is 0.154 e. The van der Waals surface area contributed by atoms with Gasteiger partial charge in [0.25, 0.3) is 0 Å². The van der Waals surface area contributed by atoms with Crippen LogP contribution in [0.1, 0.15) is 33.1 Å². The summed E-state index contributed by atoms with van der Waals surface area (Å²) in [6, 6.07) is 0. The number of thioether (sulfide) groups is 1. The zero-order chi connectivity index (χ0) is 9.94. The van der Waals surface area contributed by atoms with Gasteiger partial charge in [-0.2, -0.15) is 11.8 Å². The Morgan fingerprint density at radius 1 is 1.23 bits per heavy atom. The quantitative estimate of drug-likeness (QED) is 0.427. The van der Waals surface area contributed by atoms with Gasteiger partial charge >= 0.3 is 0 Å². The van der Waals surface area contributed by atoms with Gasteiger partial charge in [0.05, 0.1) is 6.61 Å². The van der Waals surface area contributed by atoms with Crippen molar-refractivity contribution in [2.45, 2.75) is 39.4 Å². The van der Waals surface area contributed by atoms with E-state index in [2.05, 4.69) is 6.92 Å². The summed E-state index contributed by atoms with van der Waals surface area (Å²) in [7, 11) is 1.67. The maximum Gasteiger partial charge on any atom is 0.154 e. The van der Waals surface area contributed by atoms with Crippen LogP contribution in [0.5, 0.6) is 0 Å². The summed E-state index contributed by atoms with van der Waals surface area (Å²) in [6.45, 7) is 4.96. The second-order valence-corrected chi connectivity index (χ2v) is 4.22. The highest BCUT2D eigenvalue weighted by molar-refractivity contribution is 7.99. The first-order valence-corrected chi connectivity index (χ1v) is 6.18. The summed E-state index contributed by atoms with van der Waals surface area (Å²) in [5.74, 6) is 2.49. The van der Waals surface area contributed by atoms with E-state index < -0.39 is 0 Å². The van der Waals surface area contributed by atoms with E-state index in [9.17, 15) is 0 Å². The van der Waals surface area contributed by atoms with E-state index >= 15 is 0 Å². The van der Waals surface area contributed by atoms with Crippen molar-refractivity contribution >= 4 is 11.8 Å². The molecule has 80 valence electrons. The maximum absolute atomic E-state index is 5.36. The fraction of sp³-hybridized carbons (Fsp3) is 1.00. The molecule has 0 aromatic carbocycles. The Hall–Kier alpha value is 0.270. The molecular weight excluding hydrogens is 184 g/mol. The summed E-state index contributed by atoms with van der Waals surface area (Å²) in [5, 5.41) is 0. The van der Waals surface area contributed by atoms with Gasteiger partial charge in [0, 0.05) is 7.11 Å². The van der Waals surface area contributed by atoms with Crippen LogP contribution in [0, 0.1) is 0 Å². The number of ether oxygens (including phenoxy) is 2. The van der Waals surface area contributed by atoms with Crippen molar-refractivity contribution in [1.29, 1.82) is 0 Å². The minimum Gasteiger partial charge on any atom is -0.356 e. The highest BCUT2D eigenvalue weighted by Crippen LogP contribution is 2.06. The molecule has 0 aliphatic rings. The van der Waals surface area contributed by atoms with Crippen LogP contribution in [-0.2, 0) is 9.47 Å². The molecule has 0 aliphatic heterocycles. The number of hydrogen-bond acceptors (Lipinski definition) is 3. The third kappa shape index (κ3) is 10.2. The summed E-state index contributed by atoms with van der Waals surface area (Å²) < 4.78 is 10.3. The van der Waals surface area contributed by atoms with Crippen LogP contribution >= 0.6 is 11.8 Å². The lowest BCUT2D eigenvalue weighted by molar-refractivity contribution is -0.110. The monoisotopic (exact) mass is 206 g/mol. The number of methoxy groups -OCH3 is 1. The molecule has 1 atom stereocenters. The van der Waals surface area contributed by atoms with Crippen molar-refractivity contribution in [1.82, 2.24) is 0 Å². The fourth-order valence-electron chi connectivity index (χ4n) is 0.827. The highest BCUT2D eigenvalue weighted by atomic mass is 32.2. The van der Waals surface area contributed by atoms with Gasteiger partial charge in [-0.3, -0.25) is 0 Å². The molecule has 0 saturated heterocycles. The standard InChI is InChI=1S/C10H22O2S/c1-4-5-8-13-9-6-7-12-10(2)11-3/h10H,4-9H2,1-3H3. The van der Waals surface area contributed by atoms with Gasteiger partial charge in [0.2, 0.25) is 0 Å². The van der Waals surface area contributed by atoms with Gasteiger partial charge in [0.1, 0.15) is 0 Å². The molecule has 2 nitrogen and oxygen atoms in total. The topological polar surface area (TPSA) is 18.5 Å². The molecule has 0 aliphatic carbocycles. The molecule has 0 N–H and O–H groups in total. The van der Waals surface area contributed by atoms with Crippen LogP contribution in [-0.4, -0.2) is 31.5 Å². The Kier molecular flexibility index (Phi) is 10.6. The lowest BCUT2D eigenvalue weighted by Crippen LogP contribution is -2.11. The maximum atomic E-state index is 5.36. The summed E-state index contributed by atoms with van der Waals surface area (Å²) in [5.41, 5.74) is 0. The lowest BCUT2D eigenvalue weighted by Gasteiger charge is -2.10. The minimum absolute atomic E-state index is 0.0550. The first-order chi connectivity index (χ1) is 6.31. The molecule has 0 amide bonds. The molecule has 0 heterocycles. The predicted octanol–water partition coefficient (Wildman–Crippen LogP) is 2.92. The number of rotatable bonds is 9. The van der Waals surface area contributed by atoms with Gasteiger partial charge < -0.3 is 9.47 Å². The van der Waals surface area contributed by atoms with E-state index in [1.807, 2.05) is 18.7 Å². The number of hydrogen-bond donors (Lipinski definition) is 0. The van der Waals surface area contributed by atoms with Crippen LogP contribution in [0.2, 0.25) is 0 Å². The SMILES string of the molecule is CCCCSCCCOC(C)OC. The van der Waals surface area contributed by atoms with Crippen LogP contribution < -0.4 is 0 Å². The molecule has 0 rings (SSSR count). The number of unbranched alkanes of at least 4 members (excludes halogenated alkanes) is 1. The molecule has 0 fully saturated rings. The van der Waals surface area contributed by atoms with Crippen LogP contribution in [0.25, 0.3) is 0 Å². The van der Waals surface area contributed by atoms with Crippen LogP contribution in [0.4, 0.5) is 0 Å². The molecule has 0 radical (unpaired) electrons. The zero-order valence-electron chi connectivity index (χ0n) is 9.04. The van der Waals surface area contributed by atoms with Crippen molar-refractivity contribution in [2.75, 3.05) is 25.2 Å². The molecular formula is C10H22O2S. The molecule has 13 heavy (non-hydrogen) atoms. The Balaban J connectivity index is 2.91. The van der Waals surface area contributed by atoms with Gasteiger partial charge in [0.15, 0.2) is 6.29 Å². The van der Waals surface area contributed by atoms with Gasteiger partial charge in [-0.15, -0.1) is 0 Å². The van der Waals surface area contributed by atoms with Gasteiger partial charge in [-0.25, -0.2) is 0 Å². The molecule has 0 aromatic heterocycles.